The minimum Gasteiger partial charge on any atom is -0.469 e. The zero-order valence-corrected chi connectivity index (χ0v) is 12.6. The van der Waals surface area contributed by atoms with E-state index in [0.717, 1.165) is 0 Å². The molecule has 0 aromatic rings. The van der Waals surface area contributed by atoms with Gasteiger partial charge in [-0.15, -0.1) is 0 Å². The molecule has 0 heterocycles. The van der Waals surface area contributed by atoms with E-state index >= 15 is 0 Å². The summed E-state index contributed by atoms with van der Waals surface area (Å²) in [5, 5.41) is 0. The summed E-state index contributed by atoms with van der Waals surface area (Å²) in [6.07, 6.45) is -3.42. The Labute approximate surface area is 122 Å². The lowest BCUT2D eigenvalue weighted by molar-refractivity contribution is -0.187. The highest BCUT2D eigenvalue weighted by molar-refractivity contribution is 5.80. The van der Waals surface area contributed by atoms with Gasteiger partial charge in [-0.05, 0) is 19.3 Å². The summed E-state index contributed by atoms with van der Waals surface area (Å²) in [5.74, 6) is -3.26. The standard InChI is InChI=1S/C14H22F3NO3/c1-9(13(20)21-3)8-18(2)12(19)10-5-4-6-11(7-10)14(15,16)17/h9-11H,4-8H2,1-3H3. The van der Waals surface area contributed by atoms with Gasteiger partial charge in [0.1, 0.15) is 0 Å². The van der Waals surface area contributed by atoms with Gasteiger partial charge in [0, 0.05) is 19.5 Å². The molecule has 1 rings (SSSR count). The molecule has 21 heavy (non-hydrogen) atoms. The second-order valence-corrected chi connectivity index (χ2v) is 5.75. The lowest BCUT2D eigenvalue weighted by atomic mass is 9.80. The van der Waals surface area contributed by atoms with Crippen LogP contribution in [-0.4, -0.2) is 43.7 Å². The van der Waals surface area contributed by atoms with Crippen molar-refractivity contribution in [3.05, 3.63) is 0 Å². The average molecular weight is 309 g/mol. The second kappa shape index (κ2) is 7.13. The smallest absolute Gasteiger partial charge is 0.391 e. The molecule has 0 N–H and O–H groups in total. The molecule has 4 nitrogen and oxygen atoms in total. The van der Waals surface area contributed by atoms with Crippen LogP contribution < -0.4 is 0 Å². The lowest BCUT2D eigenvalue weighted by Gasteiger charge is -2.32. The number of hydrogen-bond acceptors (Lipinski definition) is 3. The number of rotatable bonds is 4. The Morgan fingerprint density at radius 2 is 1.95 bits per heavy atom. The van der Waals surface area contributed by atoms with Crippen LogP contribution in [0.4, 0.5) is 13.2 Å². The number of amides is 1. The zero-order chi connectivity index (χ0) is 16.2. The van der Waals surface area contributed by atoms with E-state index < -0.39 is 29.9 Å². The molecular weight excluding hydrogens is 287 g/mol. The van der Waals surface area contributed by atoms with Gasteiger partial charge >= 0.3 is 12.1 Å². The van der Waals surface area contributed by atoms with Crippen LogP contribution in [0.2, 0.25) is 0 Å². The highest BCUT2D eigenvalue weighted by Crippen LogP contribution is 2.40. The third-order valence-corrected chi connectivity index (χ3v) is 4.01. The zero-order valence-electron chi connectivity index (χ0n) is 12.6. The molecule has 122 valence electrons. The quantitative estimate of drug-likeness (QED) is 0.750. The number of ether oxygens (including phenoxy) is 1. The minimum atomic E-state index is -4.24. The van der Waals surface area contributed by atoms with Crippen molar-refractivity contribution in [3.63, 3.8) is 0 Å². The van der Waals surface area contributed by atoms with E-state index in [1.54, 1.807) is 6.92 Å². The van der Waals surface area contributed by atoms with Gasteiger partial charge in [-0.2, -0.15) is 13.2 Å². The highest BCUT2D eigenvalue weighted by atomic mass is 19.4. The predicted octanol–water partition coefficient (Wildman–Crippen LogP) is 2.62. The molecule has 0 aromatic heterocycles. The summed E-state index contributed by atoms with van der Waals surface area (Å²) >= 11 is 0. The monoisotopic (exact) mass is 309 g/mol. The van der Waals surface area contributed by atoms with E-state index in [9.17, 15) is 22.8 Å². The number of carbonyl (C=O) groups is 2. The van der Waals surface area contributed by atoms with Crippen molar-refractivity contribution >= 4 is 11.9 Å². The molecular formula is C14H22F3NO3. The first-order chi connectivity index (χ1) is 9.66. The summed E-state index contributed by atoms with van der Waals surface area (Å²) < 4.78 is 42.8. The molecule has 1 amide bonds. The van der Waals surface area contributed by atoms with Gasteiger partial charge in [-0.3, -0.25) is 9.59 Å². The molecule has 0 spiro atoms. The summed E-state index contributed by atoms with van der Waals surface area (Å²) in [6, 6.07) is 0. The molecule has 3 unspecified atom stereocenters. The summed E-state index contributed by atoms with van der Waals surface area (Å²) in [4.78, 5) is 24.9. The normalized spacial score (nSPS) is 24.3. The summed E-state index contributed by atoms with van der Waals surface area (Å²) in [5.41, 5.74) is 0. The van der Waals surface area contributed by atoms with Crippen molar-refractivity contribution in [1.29, 1.82) is 0 Å². The molecule has 7 heteroatoms. The maximum absolute atomic E-state index is 12.8. The molecule has 0 radical (unpaired) electrons. The number of alkyl halides is 3. The van der Waals surface area contributed by atoms with Crippen molar-refractivity contribution in [1.82, 2.24) is 4.90 Å². The van der Waals surface area contributed by atoms with Gasteiger partial charge in [0.25, 0.3) is 0 Å². The summed E-state index contributed by atoms with van der Waals surface area (Å²) in [7, 11) is 2.77. The maximum atomic E-state index is 12.8. The number of methoxy groups -OCH3 is 1. The average Bonchev–Trinajstić information content (AvgIpc) is 2.44. The van der Waals surface area contributed by atoms with Crippen LogP contribution in [0.15, 0.2) is 0 Å². The Kier molecular flexibility index (Phi) is 6.04. The Hall–Kier alpha value is -1.27. The Morgan fingerprint density at radius 3 is 2.48 bits per heavy atom. The first-order valence-electron chi connectivity index (χ1n) is 7.06. The topological polar surface area (TPSA) is 46.6 Å². The fourth-order valence-corrected chi connectivity index (χ4v) is 2.80. The fourth-order valence-electron chi connectivity index (χ4n) is 2.80. The molecule has 0 bridgehead atoms. The van der Waals surface area contributed by atoms with Crippen molar-refractivity contribution < 1.29 is 27.5 Å². The minimum absolute atomic E-state index is 0.0928. The van der Waals surface area contributed by atoms with Crippen molar-refractivity contribution in [2.45, 2.75) is 38.8 Å². The van der Waals surface area contributed by atoms with E-state index in [2.05, 4.69) is 4.74 Å². The Bertz CT molecular complexity index is 384. The number of halogens is 3. The molecule has 0 saturated heterocycles. The van der Waals surface area contributed by atoms with E-state index in [0.29, 0.717) is 12.8 Å². The Balaban J connectivity index is 2.59. The number of nitrogens with zero attached hydrogens (tertiary/aromatic N) is 1. The van der Waals surface area contributed by atoms with Crippen LogP contribution >= 0.6 is 0 Å². The van der Waals surface area contributed by atoms with Gasteiger partial charge in [-0.25, -0.2) is 0 Å². The van der Waals surface area contributed by atoms with E-state index in [1.807, 2.05) is 0 Å². The molecule has 1 saturated carbocycles. The van der Waals surface area contributed by atoms with Crippen molar-refractivity contribution in [2.24, 2.45) is 17.8 Å². The summed E-state index contributed by atoms with van der Waals surface area (Å²) in [6.45, 7) is 1.77. The molecule has 1 fully saturated rings. The highest BCUT2D eigenvalue weighted by Gasteiger charge is 2.44. The van der Waals surface area contributed by atoms with E-state index in [-0.39, 0.29) is 25.3 Å². The number of hydrogen-bond donors (Lipinski definition) is 0. The second-order valence-electron chi connectivity index (χ2n) is 5.75. The van der Waals surface area contributed by atoms with Gasteiger partial charge in [0.2, 0.25) is 5.91 Å². The van der Waals surface area contributed by atoms with Gasteiger partial charge in [0.15, 0.2) is 0 Å². The van der Waals surface area contributed by atoms with Gasteiger partial charge in [-0.1, -0.05) is 13.3 Å². The van der Waals surface area contributed by atoms with Crippen LogP contribution in [0.1, 0.15) is 32.6 Å². The molecule has 1 aliphatic carbocycles. The molecule has 3 atom stereocenters. The van der Waals surface area contributed by atoms with E-state index in [1.165, 1.54) is 19.1 Å². The Morgan fingerprint density at radius 1 is 1.33 bits per heavy atom. The van der Waals surface area contributed by atoms with Gasteiger partial charge in [0.05, 0.1) is 18.9 Å². The third kappa shape index (κ3) is 4.89. The first kappa shape index (κ1) is 17.8. The number of carbonyl (C=O) groups excluding carboxylic acids is 2. The van der Waals surface area contributed by atoms with Crippen molar-refractivity contribution in [2.75, 3.05) is 20.7 Å². The number of esters is 1. The van der Waals surface area contributed by atoms with Crippen LogP contribution in [0.25, 0.3) is 0 Å². The molecule has 0 aliphatic heterocycles. The lowest BCUT2D eigenvalue weighted by Crippen LogP contribution is -2.41. The SMILES string of the molecule is COC(=O)C(C)CN(C)C(=O)C1CCCC(C(F)(F)F)C1. The fraction of sp³-hybridized carbons (Fsp3) is 0.857. The van der Waals surface area contributed by atoms with Crippen molar-refractivity contribution in [3.8, 4) is 0 Å². The predicted molar refractivity (Wildman–Crippen MR) is 70.3 cm³/mol. The largest absolute Gasteiger partial charge is 0.469 e. The van der Waals surface area contributed by atoms with Crippen LogP contribution in [0, 0.1) is 17.8 Å². The first-order valence-corrected chi connectivity index (χ1v) is 7.06. The van der Waals surface area contributed by atoms with Crippen LogP contribution in [-0.2, 0) is 14.3 Å². The maximum Gasteiger partial charge on any atom is 0.391 e. The van der Waals surface area contributed by atoms with Gasteiger partial charge < -0.3 is 9.64 Å². The molecule has 0 aromatic carbocycles. The molecule has 1 aliphatic rings. The van der Waals surface area contributed by atoms with Crippen LogP contribution in [0.3, 0.4) is 0 Å². The van der Waals surface area contributed by atoms with Crippen LogP contribution in [0.5, 0.6) is 0 Å². The van der Waals surface area contributed by atoms with E-state index in [4.69, 9.17) is 0 Å². The third-order valence-electron chi connectivity index (χ3n) is 4.01.